The number of benzene rings is 1. The van der Waals surface area contributed by atoms with Crippen molar-refractivity contribution in [2.45, 2.75) is 25.7 Å². The van der Waals surface area contributed by atoms with Gasteiger partial charge in [-0.1, -0.05) is 12.1 Å². The SMILES string of the molecule is COc1ccccc1OCCc1cc([C@@H]2CCN(C(=O)c3scnc3C)C2)n[nH]1. The topological polar surface area (TPSA) is 80.3 Å². The van der Waals surface area contributed by atoms with Crippen LogP contribution in [0.15, 0.2) is 35.8 Å². The average molecular weight is 413 g/mol. The molecular formula is C21H24N4O3S. The number of hydrogen-bond acceptors (Lipinski definition) is 6. The summed E-state index contributed by atoms with van der Waals surface area (Å²) in [5, 5.41) is 7.58. The first-order chi connectivity index (χ1) is 14.2. The van der Waals surface area contributed by atoms with E-state index in [1.807, 2.05) is 36.1 Å². The molecule has 0 radical (unpaired) electrons. The second-order valence-corrected chi connectivity index (χ2v) is 7.93. The first kappa shape index (κ1) is 19.4. The molecule has 4 rings (SSSR count). The normalized spacial score (nSPS) is 16.2. The highest BCUT2D eigenvalue weighted by Crippen LogP contribution is 2.29. The Morgan fingerprint density at radius 1 is 1.34 bits per heavy atom. The number of amides is 1. The molecule has 1 saturated heterocycles. The second kappa shape index (κ2) is 8.65. The third-order valence-electron chi connectivity index (χ3n) is 5.18. The molecule has 2 aromatic heterocycles. The number of nitrogens with zero attached hydrogens (tertiary/aromatic N) is 3. The maximum atomic E-state index is 12.7. The molecular weight excluding hydrogens is 388 g/mol. The number of likely N-dealkylation sites (tertiary alicyclic amines) is 1. The van der Waals surface area contributed by atoms with Crippen molar-refractivity contribution in [1.82, 2.24) is 20.1 Å². The third kappa shape index (κ3) is 4.27. The molecule has 1 amide bonds. The van der Waals surface area contributed by atoms with Crippen LogP contribution >= 0.6 is 11.3 Å². The van der Waals surface area contributed by atoms with Crippen molar-refractivity contribution >= 4 is 17.2 Å². The smallest absolute Gasteiger partial charge is 0.265 e. The number of carbonyl (C=O) groups is 1. The molecule has 152 valence electrons. The summed E-state index contributed by atoms with van der Waals surface area (Å²) in [6, 6.07) is 9.70. The van der Waals surface area contributed by atoms with Gasteiger partial charge in [0.05, 0.1) is 30.6 Å². The maximum Gasteiger partial charge on any atom is 0.265 e. The summed E-state index contributed by atoms with van der Waals surface area (Å²) in [7, 11) is 1.63. The Morgan fingerprint density at radius 3 is 2.93 bits per heavy atom. The summed E-state index contributed by atoms with van der Waals surface area (Å²) in [6.07, 6.45) is 1.64. The highest BCUT2D eigenvalue weighted by Gasteiger charge is 2.30. The summed E-state index contributed by atoms with van der Waals surface area (Å²) in [6.45, 7) is 3.85. The number of thiazole rings is 1. The van der Waals surface area contributed by atoms with Crippen LogP contribution in [-0.4, -0.2) is 52.8 Å². The lowest BCUT2D eigenvalue weighted by Gasteiger charge is -2.15. The van der Waals surface area contributed by atoms with Crippen LogP contribution in [0.2, 0.25) is 0 Å². The lowest BCUT2D eigenvalue weighted by Crippen LogP contribution is -2.28. The Kier molecular flexibility index (Phi) is 5.80. The standard InChI is InChI=1S/C21H24N4O3S/c1-14-20(29-13-22-14)21(26)25-9-7-15(12-25)17-11-16(23-24-17)8-10-28-19-6-4-3-5-18(19)27-2/h3-6,11,13,15H,7-10,12H2,1-2H3,(H,23,24)/t15-/m1/s1. The summed E-state index contributed by atoms with van der Waals surface area (Å²) in [5.74, 6) is 1.79. The summed E-state index contributed by atoms with van der Waals surface area (Å²) in [5.41, 5.74) is 4.57. The molecule has 1 aliphatic heterocycles. The molecule has 0 saturated carbocycles. The van der Waals surface area contributed by atoms with Gasteiger partial charge < -0.3 is 14.4 Å². The van der Waals surface area contributed by atoms with Crippen LogP contribution in [0.4, 0.5) is 0 Å². The number of para-hydroxylation sites is 2. The number of nitrogens with one attached hydrogen (secondary N) is 1. The highest BCUT2D eigenvalue weighted by atomic mass is 32.1. The van der Waals surface area contributed by atoms with Crippen LogP contribution < -0.4 is 9.47 Å². The van der Waals surface area contributed by atoms with Gasteiger partial charge in [0.2, 0.25) is 0 Å². The first-order valence-electron chi connectivity index (χ1n) is 9.65. The van der Waals surface area contributed by atoms with Gasteiger partial charge >= 0.3 is 0 Å². The third-order valence-corrected chi connectivity index (χ3v) is 6.10. The van der Waals surface area contributed by atoms with Gasteiger partial charge in [0.15, 0.2) is 11.5 Å². The summed E-state index contributed by atoms with van der Waals surface area (Å²) in [4.78, 5) is 19.5. The number of aromatic nitrogens is 3. The van der Waals surface area contributed by atoms with Crippen molar-refractivity contribution in [2.75, 3.05) is 26.8 Å². The number of hydrogen-bond donors (Lipinski definition) is 1. The molecule has 1 fully saturated rings. The van der Waals surface area contributed by atoms with E-state index in [1.165, 1.54) is 11.3 Å². The van der Waals surface area contributed by atoms with Crippen molar-refractivity contribution in [3.05, 3.63) is 57.8 Å². The molecule has 8 heteroatoms. The van der Waals surface area contributed by atoms with E-state index in [2.05, 4.69) is 21.2 Å². The van der Waals surface area contributed by atoms with Gasteiger partial charge in [0.25, 0.3) is 5.91 Å². The molecule has 0 unspecified atom stereocenters. The minimum atomic E-state index is 0.0773. The van der Waals surface area contributed by atoms with E-state index in [4.69, 9.17) is 9.47 Å². The highest BCUT2D eigenvalue weighted by molar-refractivity contribution is 7.11. The molecule has 1 N–H and O–H groups in total. The number of aryl methyl sites for hydroxylation is 1. The van der Waals surface area contributed by atoms with Gasteiger partial charge in [0, 0.05) is 31.1 Å². The lowest BCUT2D eigenvalue weighted by atomic mass is 10.0. The van der Waals surface area contributed by atoms with Gasteiger partial charge in [-0.3, -0.25) is 9.89 Å². The molecule has 3 aromatic rings. The number of ether oxygens (including phenoxy) is 2. The monoisotopic (exact) mass is 412 g/mol. The molecule has 0 bridgehead atoms. The van der Waals surface area contributed by atoms with Crippen LogP contribution in [0.25, 0.3) is 0 Å². The fourth-order valence-corrected chi connectivity index (χ4v) is 4.33. The zero-order chi connectivity index (χ0) is 20.2. The molecule has 0 spiro atoms. The Balaban J connectivity index is 1.31. The van der Waals surface area contributed by atoms with Gasteiger partial charge in [-0.15, -0.1) is 11.3 Å². The van der Waals surface area contributed by atoms with E-state index in [0.29, 0.717) is 13.2 Å². The first-order valence-corrected chi connectivity index (χ1v) is 10.5. The quantitative estimate of drug-likeness (QED) is 0.643. The molecule has 1 atom stereocenters. The van der Waals surface area contributed by atoms with Crippen LogP contribution in [0.5, 0.6) is 11.5 Å². The van der Waals surface area contributed by atoms with Crippen LogP contribution in [-0.2, 0) is 6.42 Å². The average Bonchev–Trinajstić information content (AvgIpc) is 3.48. The van der Waals surface area contributed by atoms with Gasteiger partial charge in [-0.2, -0.15) is 5.10 Å². The fourth-order valence-electron chi connectivity index (χ4n) is 3.56. The Morgan fingerprint density at radius 2 is 2.17 bits per heavy atom. The predicted octanol–water partition coefficient (Wildman–Crippen LogP) is 3.43. The van der Waals surface area contributed by atoms with E-state index in [0.717, 1.165) is 52.8 Å². The van der Waals surface area contributed by atoms with Crippen LogP contribution in [0.3, 0.4) is 0 Å². The van der Waals surface area contributed by atoms with E-state index in [1.54, 1.807) is 12.6 Å². The minimum absolute atomic E-state index is 0.0773. The Labute approximate surface area is 173 Å². The largest absolute Gasteiger partial charge is 0.493 e. The Bertz CT molecular complexity index is 984. The predicted molar refractivity (Wildman–Crippen MR) is 111 cm³/mol. The zero-order valence-corrected chi connectivity index (χ0v) is 17.4. The maximum absolute atomic E-state index is 12.7. The number of H-pyrrole nitrogens is 1. The van der Waals surface area contributed by atoms with Crippen molar-refractivity contribution in [3.63, 3.8) is 0 Å². The summed E-state index contributed by atoms with van der Waals surface area (Å²) >= 11 is 1.41. The van der Waals surface area contributed by atoms with E-state index in [-0.39, 0.29) is 11.8 Å². The lowest BCUT2D eigenvalue weighted by molar-refractivity contribution is 0.0794. The number of aromatic amines is 1. The molecule has 0 aliphatic carbocycles. The molecule has 1 aliphatic rings. The molecule has 1 aromatic carbocycles. The van der Waals surface area contributed by atoms with Crippen molar-refractivity contribution in [2.24, 2.45) is 0 Å². The second-order valence-electron chi connectivity index (χ2n) is 7.07. The van der Waals surface area contributed by atoms with Crippen LogP contribution in [0, 0.1) is 6.92 Å². The zero-order valence-electron chi connectivity index (χ0n) is 16.6. The molecule has 3 heterocycles. The van der Waals surface area contributed by atoms with Crippen molar-refractivity contribution < 1.29 is 14.3 Å². The summed E-state index contributed by atoms with van der Waals surface area (Å²) < 4.78 is 11.1. The van der Waals surface area contributed by atoms with Gasteiger partial charge in [-0.05, 0) is 31.5 Å². The minimum Gasteiger partial charge on any atom is -0.493 e. The molecule has 7 nitrogen and oxygen atoms in total. The number of methoxy groups -OCH3 is 1. The van der Waals surface area contributed by atoms with Gasteiger partial charge in [0.1, 0.15) is 4.88 Å². The fraction of sp³-hybridized carbons (Fsp3) is 0.381. The number of rotatable bonds is 7. The molecule has 29 heavy (non-hydrogen) atoms. The van der Waals surface area contributed by atoms with Crippen molar-refractivity contribution in [1.29, 1.82) is 0 Å². The Hall–Kier alpha value is -2.87. The van der Waals surface area contributed by atoms with Crippen molar-refractivity contribution in [3.8, 4) is 11.5 Å². The number of carbonyl (C=O) groups excluding carboxylic acids is 1. The van der Waals surface area contributed by atoms with Gasteiger partial charge in [-0.25, -0.2) is 4.98 Å². The van der Waals surface area contributed by atoms with E-state index >= 15 is 0 Å². The van der Waals surface area contributed by atoms with Crippen LogP contribution in [0.1, 0.15) is 39.1 Å². The van der Waals surface area contributed by atoms with E-state index < -0.39 is 0 Å². The van der Waals surface area contributed by atoms with E-state index in [9.17, 15) is 4.79 Å².